The van der Waals surface area contributed by atoms with Gasteiger partial charge in [0.2, 0.25) is 0 Å². The van der Waals surface area contributed by atoms with Crippen molar-refractivity contribution in [3.05, 3.63) is 58.1 Å². The van der Waals surface area contributed by atoms with Crippen molar-refractivity contribution in [3.8, 4) is 5.75 Å². The van der Waals surface area contributed by atoms with Crippen molar-refractivity contribution < 1.29 is 14.6 Å². The molecule has 0 radical (unpaired) electrons. The summed E-state index contributed by atoms with van der Waals surface area (Å²) in [7, 11) is 0. The summed E-state index contributed by atoms with van der Waals surface area (Å²) in [6.07, 6.45) is 0. The van der Waals surface area contributed by atoms with Crippen molar-refractivity contribution in [2.45, 2.75) is 13.5 Å². The van der Waals surface area contributed by atoms with Gasteiger partial charge in [-0.15, -0.1) is 0 Å². The van der Waals surface area contributed by atoms with Gasteiger partial charge in [-0.05, 0) is 47.1 Å². The summed E-state index contributed by atoms with van der Waals surface area (Å²) in [6.45, 7) is 2.61. The Balaban J connectivity index is 2.08. The van der Waals surface area contributed by atoms with Crippen LogP contribution in [0, 0.1) is 0 Å². The molecule has 0 aliphatic heterocycles. The van der Waals surface area contributed by atoms with E-state index < -0.39 is 0 Å². The van der Waals surface area contributed by atoms with Gasteiger partial charge in [0, 0.05) is 22.3 Å². The molecule has 0 spiro atoms. The Morgan fingerprint density at radius 3 is 2.71 bits per heavy atom. The van der Waals surface area contributed by atoms with Gasteiger partial charge in [0.05, 0.1) is 12.2 Å². The van der Waals surface area contributed by atoms with Crippen LogP contribution in [-0.4, -0.2) is 17.7 Å². The zero-order valence-corrected chi connectivity index (χ0v) is 13.2. The fourth-order valence-corrected chi connectivity index (χ4v) is 2.37. The van der Waals surface area contributed by atoms with E-state index in [2.05, 4.69) is 21.2 Å². The molecule has 0 heterocycles. The molecular weight excluding hydrogens is 334 g/mol. The second-order valence-corrected chi connectivity index (χ2v) is 5.25. The summed E-state index contributed by atoms with van der Waals surface area (Å²) in [5, 5.41) is 12.9. The van der Waals surface area contributed by atoms with Crippen molar-refractivity contribution in [1.82, 2.24) is 0 Å². The maximum absolute atomic E-state index is 11.6. The Hall–Kier alpha value is -2.01. The van der Waals surface area contributed by atoms with Gasteiger partial charge in [-0.3, -0.25) is 0 Å². The van der Waals surface area contributed by atoms with Crippen LogP contribution >= 0.6 is 15.9 Å². The lowest BCUT2D eigenvalue weighted by atomic mass is 10.2. The maximum Gasteiger partial charge on any atom is 0.338 e. The van der Waals surface area contributed by atoms with E-state index in [1.807, 2.05) is 12.1 Å². The van der Waals surface area contributed by atoms with E-state index in [1.165, 1.54) is 0 Å². The monoisotopic (exact) mass is 349 g/mol. The highest BCUT2D eigenvalue weighted by Gasteiger charge is 2.09. The topological polar surface area (TPSA) is 58.6 Å². The van der Waals surface area contributed by atoms with E-state index in [0.29, 0.717) is 18.7 Å². The molecular formula is C16H16BrNO3. The fraction of sp³-hybridized carbons (Fsp3) is 0.188. The number of hydrogen-bond donors (Lipinski definition) is 2. The first-order chi connectivity index (χ1) is 10.1. The first-order valence-corrected chi connectivity index (χ1v) is 7.38. The van der Waals surface area contributed by atoms with Crippen LogP contribution in [0.25, 0.3) is 0 Å². The zero-order valence-electron chi connectivity index (χ0n) is 11.6. The molecule has 0 atom stereocenters. The number of anilines is 1. The van der Waals surface area contributed by atoms with Crippen LogP contribution in [0.4, 0.5) is 5.69 Å². The van der Waals surface area contributed by atoms with E-state index >= 15 is 0 Å². The molecule has 0 fully saturated rings. The van der Waals surface area contributed by atoms with Crippen molar-refractivity contribution in [1.29, 1.82) is 0 Å². The minimum absolute atomic E-state index is 0.254. The van der Waals surface area contributed by atoms with Gasteiger partial charge in [0.1, 0.15) is 5.75 Å². The summed E-state index contributed by atoms with van der Waals surface area (Å²) in [4.78, 5) is 11.6. The Morgan fingerprint density at radius 1 is 1.29 bits per heavy atom. The molecule has 0 aliphatic rings. The van der Waals surface area contributed by atoms with Crippen molar-refractivity contribution in [2.24, 2.45) is 0 Å². The number of nitrogens with one attached hydrogen (secondary N) is 1. The first kappa shape index (κ1) is 15.4. The van der Waals surface area contributed by atoms with E-state index in [1.54, 1.807) is 37.3 Å². The number of halogens is 1. The number of aromatic hydroxyl groups is 1. The third-order valence-corrected chi connectivity index (χ3v) is 3.60. The Kier molecular flexibility index (Phi) is 5.22. The lowest BCUT2D eigenvalue weighted by Gasteiger charge is -2.11. The third-order valence-electron chi connectivity index (χ3n) is 2.94. The molecule has 110 valence electrons. The normalized spacial score (nSPS) is 10.2. The molecule has 0 aromatic heterocycles. The number of carbonyl (C=O) groups excluding carboxylic acids is 1. The Labute approximate surface area is 131 Å². The molecule has 0 saturated carbocycles. The predicted molar refractivity (Wildman–Crippen MR) is 85.5 cm³/mol. The second kappa shape index (κ2) is 7.13. The number of ether oxygens (including phenoxy) is 1. The largest absolute Gasteiger partial charge is 0.508 e. The minimum atomic E-state index is -0.342. The predicted octanol–water partition coefficient (Wildman–Crippen LogP) is 3.94. The average molecular weight is 350 g/mol. The summed E-state index contributed by atoms with van der Waals surface area (Å²) in [5.41, 5.74) is 2.14. The first-order valence-electron chi connectivity index (χ1n) is 6.59. The maximum atomic E-state index is 11.6. The Morgan fingerprint density at radius 2 is 2.05 bits per heavy atom. The molecule has 21 heavy (non-hydrogen) atoms. The van der Waals surface area contributed by atoms with Gasteiger partial charge in [0.15, 0.2) is 0 Å². The minimum Gasteiger partial charge on any atom is -0.508 e. The van der Waals surface area contributed by atoms with Gasteiger partial charge in [-0.25, -0.2) is 4.79 Å². The zero-order chi connectivity index (χ0) is 15.2. The van der Waals surface area contributed by atoms with Crippen molar-refractivity contribution in [3.63, 3.8) is 0 Å². The molecule has 5 heteroatoms. The standard InChI is InChI=1S/C16H16BrNO3/c1-2-21-16(20)11-7-8-14(13(17)9-11)18-10-12-5-3-4-6-15(12)19/h3-9,18-19H,2,10H2,1H3. The number of hydrogen-bond acceptors (Lipinski definition) is 4. The third kappa shape index (κ3) is 3.98. The molecule has 0 amide bonds. The molecule has 2 rings (SSSR count). The van der Waals surface area contributed by atoms with Crippen molar-refractivity contribution in [2.75, 3.05) is 11.9 Å². The van der Waals surface area contributed by atoms with Gasteiger partial charge < -0.3 is 15.2 Å². The quantitative estimate of drug-likeness (QED) is 0.802. The van der Waals surface area contributed by atoms with Crippen LogP contribution in [0.5, 0.6) is 5.75 Å². The van der Waals surface area contributed by atoms with Crippen LogP contribution in [0.15, 0.2) is 46.9 Å². The summed E-state index contributed by atoms with van der Waals surface area (Å²) >= 11 is 3.43. The van der Waals surface area contributed by atoms with E-state index in [9.17, 15) is 9.90 Å². The lowest BCUT2D eigenvalue weighted by Crippen LogP contribution is -2.06. The highest BCUT2D eigenvalue weighted by atomic mass is 79.9. The number of carbonyl (C=O) groups is 1. The van der Waals surface area contributed by atoms with Gasteiger partial charge in [-0.2, -0.15) is 0 Å². The molecule has 0 aliphatic carbocycles. The number of phenolic OH excluding ortho intramolecular Hbond substituents is 1. The lowest BCUT2D eigenvalue weighted by molar-refractivity contribution is 0.0526. The number of benzene rings is 2. The number of esters is 1. The van der Waals surface area contributed by atoms with Gasteiger partial charge >= 0.3 is 5.97 Å². The molecule has 0 unspecified atom stereocenters. The van der Waals surface area contributed by atoms with Crippen LogP contribution in [0.1, 0.15) is 22.8 Å². The van der Waals surface area contributed by atoms with Gasteiger partial charge in [0.25, 0.3) is 0 Å². The smallest absolute Gasteiger partial charge is 0.338 e. The SMILES string of the molecule is CCOC(=O)c1ccc(NCc2ccccc2O)c(Br)c1. The highest BCUT2D eigenvalue weighted by Crippen LogP contribution is 2.25. The second-order valence-electron chi connectivity index (χ2n) is 4.40. The average Bonchev–Trinajstić information content (AvgIpc) is 2.47. The van der Waals surface area contributed by atoms with Crippen LogP contribution in [0.2, 0.25) is 0 Å². The van der Waals surface area contributed by atoms with E-state index in [4.69, 9.17) is 4.74 Å². The van der Waals surface area contributed by atoms with E-state index in [-0.39, 0.29) is 11.7 Å². The van der Waals surface area contributed by atoms with Gasteiger partial charge in [-0.1, -0.05) is 18.2 Å². The van der Waals surface area contributed by atoms with E-state index in [0.717, 1.165) is 15.7 Å². The summed E-state index contributed by atoms with van der Waals surface area (Å²) in [5.74, 6) is -0.0882. The van der Waals surface area contributed by atoms with Crippen LogP contribution in [-0.2, 0) is 11.3 Å². The Bertz CT molecular complexity index is 643. The van der Waals surface area contributed by atoms with Crippen LogP contribution in [0.3, 0.4) is 0 Å². The fourth-order valence-electron chi connectivity index (χ4n) is 1.85. The summed E-state index contributed by atoms with van der Waals surface area (Å²) in [6, 6.07) is 12.4. The molecule has 2 N–H and O–H groups in total. The van der Waals surface area contributed by atoms with Crippen molar-refractivity contribution >= 4 is 27.6 Å². The number of rotatable bonds is 5. The molecule has 4 nitrogen and oxygen atoms in total. The summed E-state index contributed by atoms with van der Waals surface area (Å²) < 4.78 is 5.72. The number of para-hydroxylation sites is 1. The molecule has 2 aromatic rings. The molecule has 2 aromatic carbocycles. The highest BCUT2D eigenvalue weighted by molar-refractivity contribution is 9.10. The number of phenols is 1. The molecule has 0 saturated heterocycles. The van der Waals surface area contributed by atoms with Crippen LogP contribution < -0.4 is 5.32 Å². The molecule has 0 bridgehead atoms.